The van der Waals surface area contributed by atoms with E-state index in [-0.39, 0.29) is 5.91 Å². The quantitative estimate of drug-likeness (QED) is 0.642. The van der Waals surface area contributed by atoms with E-state index in [1.165, 1.54) is 13.0 Å². The molecule has 0 radical (unpaired) electrons. The third-order valence-corrected chi connectivity index (χ3v) is 3.53. The van der Waals surface area contributed by atoms with Gasteiger partial charge in [-0.05, 0) is 25.9 Å². The Morgan fingerprint density at radius 2 is 1.61 bits per heavy atom. The molecular formula is C13H28N4O. The molecule has 0 unspecified atom stereocenters. The van der Waals surface area contributed by atoms with E-state index in [9.17, 15) is 4.79 Å². The molecule has 1 saturated heterocycles. The minimum absolute atomic E-state index is 0.223. The molecule has 106 valence electrons. The van der Waals surface area contributed by atoms with Crippen molar-refractivity contribution in [2.24, 2.45) is 5.73 Å². The molecule has 1 heterocycles. The lowest BCUT2D eigenvalue weighted by Gasteiger charge is -2.34. The molecule has 0 atom stereocenters. The molecule has 0 aromatic heterocycles. The molecule has 0 aliphatic carbocycles. The topological polar surface area (TPSA) is 52.8 Å². The fourth-order valence-corrected chi connectivity index (χ4v) is 2.19. The van der Waals surface area contributed by atoms with E-state index in [0.717, 1.165) is 45.7 Å². The molecular weight excluding hydrogens is 228 g/mol. The summed E-state index contributed by atoms with van der Waals surface area (Å²) in [5.41, 5.74) is 5.50. The molecule has 0 aromatic rings. The highest BCUT2D eigenvalue weighted by Gasteiger charge is 2.17. The number of nitrogens with zero attached hydrogens (tertiary/aromatic N) is 3. The molecule has 0 saturated carbocycles. The van der Waals surface area contributed by atoms with Gasteiger partial charge in [-0.15, -0.1) is 0 Å². The molecule has 5 nitrogen and oxygen atoms in total. The van der Waals surface area contributed by atoms with Gasteiger partial charge in [0.15, 0.2) is 0 Å². The number of amides is 1. The summed E-state index contributed by atoms with van der Waals surface area (Å²) in [6.45, 7) is 7.29. The van der Waals surface area contributed by atoms with Gasteiger partial charge >= 0.3 is 0 Å². The number of hydrogen-bond acceptors (Lipinski definition) is 4. The third-order valence-electron chi connectivity index (χ3n) is 3.53. The van der Waals surface area contributed by atoms with E-state index in [4.69, 9.17) is 5.73 Å². The van der Waals surface area contributed by atoms with Crippen LogP contribution in [-0.4, -0.2) is 80.5 Å². The molecule has 1 aliphatic heterocycles. The highest BCUT2D eigenvalue weighted by molar-refractivity contribution is 5.75. The molecule has 18 heavy (non-hydrogen) atoms. The molecule has 1 aliphatic rings. The van der Waals surface area contributed by atoms with Gasteiger partial charge in [-0.2, -0.15) is 0 Å². The minimum atomic E-state index is 0.223. The Balaban J connectivity index is 2.10. The van der Waals surface area contributed by atoms with E-state index < -0.39 is 0 Å². The fraction of sp³-hybridized carbons (Fsp3) is 0.923. The zero-order chi connectivity index (χ0) is 13.4. The first kappa shape index (κ1) is 15.4. The van der Waals surface area contributed by atoms with Gasteiger partial charge in [0.1, 0.15) is 0 Å². The number of rotatable bonds is 7. The third kappa shape index (κ3) is 5.80. The van der Waals surface area contributed by atoms with E-state index in [2.05, 4.69) is 9.80 Å². The number of nitrogens with two attached hydrogens (primary N) is 1. The number of carbonyl (C=O) groups excluding carboxylic acids is 1. The Morgan fingerprint density at radius 1 is 1.06 bits per heavy atom. The average Bonchev–Trinajstić information content (AvgIpc) is 2.37. The normalized spacial score (nSPS) is 17.9. The van der Waals surface area contributed by atoms with E-state index in [1.807, 2.05) is 14.1 Å². The molecule has 1 fully saturated rings. The molecule has 5 heteroatoms. The standard InChI is InChI=1S/C13H28N4O/c1-15(2)13(18)5-8-17-11-9-16(10-12-17)7-4-3-6-14/h3-12,14H2,1-2H3. The Morgan fingerprint density at radius 3 is 2.11 bits per heavy atom. The van der Waals surface area contributed by atoms with Crippen LogP contribution in [0.5, 0.6) is 0 Å². The van der Waals surface area contributed by atoms with Crippen LogP contribution in [0.25, 0.3) is 0 Å². The number of unbranched alkanes of at least 4 members (excludes halogenated alkanes) is 1. The predicted molar refractivity (Wildman–Crippen MR) is 74.5 cm³/mol. The van der Waals surface area contributed by atoms with Gasteiger partial charge in [-0.3, -0.25) is 4.79 Å². The van der Waals surface area contributed by atoms with Crippen LogP contribution in [0.2, 0.25) is 0 Å². The van der Waals surface area contributed by atoms with Crippen molar-refractivity contribution in [1.29, 1.82) is 0 Å². The van der Waals surface area contributed by atoms with Crippen molar-refractivity contribution in [3.8, 4) is 0 Å². The summed E-state index contributed by atoms with van der Waals surface area (Å²) in [5, 5.41) is 0. The molecule has 2 N–H and O–H groups in total. The maximum atomic E-state index is 11.5. The maximum absolute atomic E-state index is 11.5. The summed E-state index contributed by atoms with van der Waals surface area (Å²) in [6.07, 6.45) is 2.97. The predicted octanol–water partition coefficient (Wildman–Crippen LogP) is -0.179. The van der Waals surface area contributed by atoms with Gasteiger partial charge in [0.2, 0.25) is 5.91 Å². The van der Waals surface area contributed by atoms with Crippen molar-refractivity contribution in [1.82, 2.24) is 14.7 Å². The lowest BCUT2D eigenvalue weighted by Crippen LogP contribution is -2.47. The molecule has 0 aromatic carbocycles. The van der Waals surface area contributed by atoms with E-state index >= 15 is 0 Å². The Hall–Kier alpha value is -0.650. The smallest absolute Gasteiger partial charge is 0.223 e. The van der Waals surface area contributed by atoms with Crippen molar-refractivity contribution in [2.45, 2.75) is 19.3 Å². The summed E-state index contributed by atoms with van der Waals surface area (Å²) in [4.78, 5) is 18.1. The Bertz CT molecular complexity index is 237. The van der Waals surface area contributed by atoms with Gasteiger partial charge in [0.25, 0.3) is 0 Å². The second kappa shape index (κ2) is 8.45. The SMILES string of the molecule is CN(C)C(=O)CCN1CCN(CCCCN)CC1. The average molecular weight is 256 g/mol. The van der Waals surface area contributed by atoms with Crippen LogP contribution in [0.4, 0.5) is 0 Å². The zero-order valence-corrected chi connectivity index (χ0v) is 11.9. The highest BCUT2D eigenvalue weighted by atomic mass is 16.2. The van der Waals surface area contributed by atoms with Crippen molar-refractivity contribution in [2.75, 3.05) is 59.9 Å². The number of carbonyl (C=O) groups is 1. The van der Waals surface area contributed by atoms with Crippen LogP contribution in [0, 0.1) is 0 Å². The summed E-state index contributed by atoms with van der Waals surface area (Å²) in [7, 11) is 3.63. The summed E-state index contributed by atoms with van der Waals surface area (Å²) >= 11 is 0. The fourth-order valence-electron chi connectivity index (χ4n) is 2.19. The van der Waals surface area contributed by atoms with Gasteiger partial charge in [0, 0.05) is 53.2 Å². The van der Waals surface area contributed by atoms with Crippen LogP contribution < -0.4 is 5.73 Å². The van der Waals surface area contributed by atoms with Crippen molar-refractivity contribution < 1.29 is 4.79 Å². The number of hydrogen-bond donors (Lipinski definition) is 1. The summed E-state index contributed by atoms with van der Waals surface area (Å²) < 4.78 is 0. The van der Waals surface area contributed by atoms with E-state index in [1.54, 1.807) is 4.90 Å². The lowest BCUT2D eigenvalue weighted by atomic mass is 10.2. The van der Waals surface area contributed by atoms with Crippen LogP contribution in [0.3, 0.4) is 0 Å². The van der Waals surface area contributed by atoms with Crippen LogP contribution in [-0.2, 0) is 4.79 Å². The summed E-state index contributed by atoms with van der Waals surface area (Å²) in [6, 6.07) is 0. The molecule has 1 amide bonds. The molecule has 0 spiro atoms. The van der Waals surface area contributed by atoms with Gasteiger partial charge in [-0.1, -0.05) is 0 Å². The first-order valence-electron chi connectivity index (χ1n) is 6.98. The first-order chi connectivity index (χ1) is 8.63. The van der Waals surface area contributed by atoms with Crippen molar-refractivity contribution in [3.63, 3.8) is 0 Å². The number of piperazine rings is 1. The van der Waals surface area contributed by atoms with Gasteiger partial charge in [0.05, 0.1) is 0 Å². The highest BCUT2D eigenvalue weighted by Crippen LogP contribution is 2.04. The van der Waals surface area contributed by atoms with Crippen LogP contribution in [0.15, 0.2) is 0 Å². The van der Waals surface area contributed by atoms with Gasteiger partial charge in [-0.25, -0.2) is 0 Å². The lowest BCUT2D eigenvalue weighted by molar-refractivity contribution is -0.129. The van der Waals surface area contributed by atoms with Crippen LogP contribution in [0.1, 0.15) is 19.3 Å². The second-order valence-electron chi connectivity index (χ2n) is 5.22. The van der Waals surface area contributed by atoms with Gasteiger partial charge < -0.3 is 20.4 Å². The zero-order valence-electron chi connectivity index (χ0n) is 11.9. The molecule has 1 rings (SSSR count). The largest absolute Gasteiger partial charge is 0.349 e. The summed E-state index contributed by atoms with van der Waals surface area (Å²) in [5.74, 6) is 0.223. The second-order valence-corrected chi connectivity index (χ2v) is 5.22. The first-order valence-corrected chi connectivity index (χ1v) is 6.98. The Labute approximate surface area is 111 Å². The Kier molecular flexibility index (Phi) is 7.23. The van der Waals surface area contributed by atoms with Crippen molar-refractivity contribution >= 4 is 5.91 Å². The van der Waals surface area contributed by atoms with E-state index in [0.29, 0.717) is 6.42 Å². The maximum Gasteiger partial charge on any atom is 0.223 e. The van der Waals surface area contributed by atoms with Crippen molar-refractivity contribution in [3.05, 3.63) is 0 Å². The van der Waals surface area contributed by atoms with Crippen LogP contribution >= 0.6 is 0 Å². The molecule has 0 bridgehead atoms. The monoisotopic (exact) mass is 256 g/mol. The minimum Gasteiger partial charge on any atom is -0.349 e.